The maximum Gasteiger partial charge on any atom is 0.269 e. The molecule has 1 saturated heterocycles. The Balaban J connectivity index is 1.52. The van der Waals surface area contributed by atoms with Crippen LogP contribution in [0, 0.1) is 16.0 Å². The molecule has 1 amide bonds. The van der Waals surface area contributed by atoms with Gasteiger partial charge in [-0.1, -0.05) is 0 Å². The molecule has 1 N–H and O–H groups in total. The molecule has 2 fully saturated rings. The molecule has 0 unspecified atom stereocenters. The van der Waals surface area contributed by atoms with Crippen molar-refractivity contribution in [1.82, 2.24) is 5.32 Å². The van der Waals surface area contributed by atoms with E-state index in [4.69, 9.17) is 0 Å². The topological polar surface area (TPSA) is 75.5 Å². The Hall–Kier alpha value is -2.11. The van der Waals surface area contributed by atoms with Crippen LogP contribution in [-0.2, 0) is 4.79 Å². The second-order valence-electron chi connectivity index (χ2n) is 5.82. The number of nitro groups is 1. The van der Waals surface area contributed by atoms with Gasteiger partial charge in [-0.3, -0.25) is 14.9 Å². The van der Waals surface area contributed by atoms with E-state index in [-0.39, 0.29) is 28.5 Å². The first-order valence-electron chi connectivity index (χ1n) is 7.43. The second-order valence-corrected chi connectivity index (χ2v) is 5.82. The maximum absolute atomic E-state index is 11.7. The number of amides is 1. The molecule has 1 aliphatic carbocycles. The molecule has 1 aliphatic heterocycles. The minimum atomic E-state index is -0.385. The average molecular weight is 289 g/mol. The minimum absolute atomic E-state index is 0.116. The number of benzene rings is 1. The van der Waals surface area contributed by atoms with E-state index in [9.17, 15) is 14.9 Å². The van der Waals surface area contributed by atoms with Crippen molar-refractivity contribution >= 4 is 17.3 Å². The van der Waals surface area contributed by atoms with Crippen LogP contribution in [0.5, 0.6) is 0 Å². The first kappa shape index (κ1) is 13.9. The van der Waals surface area contributed by atoms with Gasteiger partial charge in [0.05, 0.1) is 4.92 Å². The van der Waals surface area contributed by atoms with E-state index in [1.807, 2.05) is 0 Å². The highest BCUT2D eigenvalue weighted by molar-refractivity contribution is 5.81. The summed E-state index contributed by atoms with van der Waals surface area (Å²) in [6.45, 7) is 1.74. The molecule has 6 heteroatoms. The van der Waals surface area contributed by atoms with Crippen molar-refractivity contribution in [2.45, 2.75) is 31.7 Å². The monoisotopic (exact) mass is 289 g/mol. The highest BCUT2D eigenvalue weighted by Gasteiger charge is 2.31. The zero-order chi connectivity index (χ0) is 14.8. The Bertz CT molecular complexity index is 532. The van der Waals surface area contributed by atoms with Crippen LogP contribution in [0.3, 0.4) is 0 Å². The molecule has 1 saturated carbocycles. The molecule has 0 bridgehead atoms. The molecule has 1 aromatic carbocycles. The van der Waals surface area contributed by atoms with Crippen LogP contribution in [0.2, 0.25) is 0 Å². The number of nitro benzene ring substituents is 1. The third-order valence-electron chi connectivity index (χ3n) is 4.22. The summed E-state index contributed by atoms with van der Waals surface area (Å²) in [4.78, 5) is 24.2. The number of rotatable bonds is 4. The maximum atomic E-state index is 11.7. The van der Waals surface area contributed by atoms with Gasteiger partial charge in [0.15, 0.2) is 0 Å². The highest BCUT2D eigenvalue weighted by Crippen LogP contribution is 2.29. The third-order valence-corrected chi connectivity index (χ3v) is 4.22. The molecule has 0 radical (unpaired) electrons. The molecule has 1 aromatic rings. The lowest BCUT2D eigenvalue weighted by molar-refractivity contribution is -0.384. The number of piperidine rings is 1. The lowest BCUT2D eigenvalue weighted by Crippen LogP contribution is -2.45. The summed E-state index contributed by atoms with van der Waals surface area (Å²) in [6.07, 6.45) is 3.92. The molecule has 3 rings (SSSR count). The van der Waals surface area contributed by atoms with Crippen molar-refractivity contribution in [3.63, 3.8) is 0 Å². The largest absolute Gasteiger partial charge is 0.371 e. The van der Waals surface area contributed by atoms with Gasteiger partial charge in [0.25, 0.3) is 5.69 Å². The van der Waals surface area contributed by atoms with E-state index in [1.54, 1.807) is 12.1 Å². The number of carbonyl (C=O) groups excluding carboxylic acids is 1. The third kappa shape index (κ3) is 3.32. The lowest BCUT2D eigenvalue weighted by Gasteiger charge is -2.34. The normalized spacial score (nSPS) is 19.3. The Kier molecular flexibility index (Phi) is 3.77. The number of hydrogen-bond donors (Lipinski definition) is 1. The van der Waals surface area contributed by atoms with E-state index in [0.29, 0.717) is 0 Å². The zero-order valence-corrected chi connectivity index (χ0v) is 11.8. The van der Waals surface area contributed by atoms with Gasteiger partial charge in [0, 0.05) is 42.9 Å². The summed E-state index contributed by atoms with van der Waals surface area (Å²) >= 11 is 0. The fraction of sp³-hybridized carbons (Fsp3) is 0.533. The van der Waals surface area contributed by atoms with Crippen molar-refractivity contribution in [2.75, 3.05) is 18.0 Å². The smallest absolute Gasteiger partial charge is 0.269 e. The van der Waals surface area contributed by atoms with E-state index >= 15 is 0 Å². The molecular weight excluding hydrogens is 270 g/mol. The fourth-order valence-electron chi connectivity index (χ4n) is 2.73. The SMILES string of the molecule is O=C(NC1CCN(c2ccc([N+](=O)[O-])cc2)CC1)C1CC1. The van der Waals surface area contributed by atoms with Gasteiger partial charge in [-0.2, -0.15) is 0 Å². The molecule has 112 valence electrons. The quantitative estimate of drug-likeness (QED) is 0.680. The Morgan fingerprint density at radius 3 is 2.29 bits per heavy atom. The van der Waals surface area contributed by atoms with Crippen LogP contribution >= 0.6 is 0 Å². The van der Waals surface area contributed by atoms with Crippen molar-refractivity contribution in [3.8, 4) is 0 Å². The predicted octanol–water partition coefficient (Wildman–Crippen LogP) is 2.09. The second kappa shape index (κ2) is 5.71. The summed E-state index contributed by atoms with van der Waals surface area (Å²) in [6, 6.07) is 6.93. The lowest BCUT2D eigenvalue weighted by atomic mass is 10.0. The van der Waals surface area contributed by atoms with Crippen molar-refractivity contribution < 1.29 is 9.72 Å². The first-order valence-corrected chi connectivity index (χ1v) is 7.43. The van der Waals surface area contributed by atoms with Gasteiger partial charge in [0.2, 0.25) is 5.91 Å². The van der Waals surface area contributed by atoms with Crippen LogP contribution in [0.4, 0.5) is 11.4 Å². The number of anilines is 1. The number of nitrogens with one attached hydrogen (secondary N) is 1. The molecule has 2 aliphatic rings. The van der Waals surface area contributed by atoms with Crippen LogP contribution in [-0.4, -0.2) is 30.0 Å². The molecule has 1 heterocycles. The molecule has 6 nitrogen and oxygen atoms in total. The van der Waals surface area contributed by atoms with E-state index in [2.05, 4.69) is 10.2 Å². The molecule has 0 atom stereocenters. The predicted molar refractivity (Wildman–Crippen MR) is 79.2 cm³/mol. The van der Waals surface area contributed by atoms with Crippen LogP contribution in [0.15, 0.2) is 24.3 Å². The van der Waals surface area contributed by atoms with Gasteiger partial charge < -0.3 is 10.2 Å². The van der Waals surface area contributed by atoms with Gasteiger partial charge in [0.1, 0.15) is 0 Å². The van der Waals surface area contributed by atoms with Crippen LogP contribution < -0.4 is 10.2 Å². The minimum Gasteiger partial charge on any atom is -0.371 e. The van der Waals surface area contributed by atoms with Gasteiger partial charge in [-0.15, -0.1) is 0 Å². The highest BCUT2D eigenvalue weighted by atomic mass is 16.6. The van der Waals surface area contributed by atoms with Gasteiger partial charge in [-0.25, -0.2) is 0 Å². The Labute approximate surface area is 123 Å². The van der Waals surface area contributed by atoms with Gasteiger partial charge in [-0.05, 0) is 37.8 Å². The average Bonchev–Trinajstić information content (AvgIpc) is 3.33. The van der Waals surface area contributed by atoms with E-state index < -0.39 is 0 Å². The first-order chi connectivity index (χ1) is 10.1. The summed E-state index contributed by atoms with van der Waals surface area (Å²) in [7, 11) is 0. The summed E-state index contributed by atoms with van der Waals surface area (Å²) in [5.74, 6) is 0.474. The molecule has 0 spiro atoms. The standard InChI is InChI=1S/C15H19N3O3/c19-15(11-1-2-11)16-12-7-9-17(10-8-12)13-3-5-14(6-4-13)18(20)21/h3-6,11-12H,1-2,7-10H2,(H,16,19). The molecule has 0 aromatic heterocycles. The Morgan fingerprint density at radius 2 is 1.76 bits per heavy atom. The zero-order valence-electron chi connectivity index (χ0n) is 11.8. The van der Waals surface area contributed by atoms with E-state index in [0.717, 1.165) is 44.5 Å². The number of hydrogen-bond acceptors (Lipinski definition) is 4. The fourth-order valence-corrected chi connectivity index (χ4v) is 2.73. The van der Waals surface area contributed by atoms with E-state index in [1.165, 1.54) is 12.1 Å². The molecule has 21 heavy (non-hydrogen) atoms. The number of non-ortho nitro benzene ring substituents is 1. The van der Waals surface area contributed by atoms with Crippen molar-refractivity contribution in [1.29, 1.82) is 0 Å². The summed E-state index contributed by atoms with van der Waals surface area (Å²) in [5.41, 5.74) is 1.12. The van der Waals surface area contributed by atoms with Crippen LogP contribution in [0.1, 0.15) is 25.7 Å². The van der Waals surface area contributed by atoms with Crippen molar-refractivity contribution in [2.24, 2.45) is 5.92 Å². The van der Waals surface area contributed by atoms with Crippen molar-refractivity contribution in [3.05, 3.63) is 34.4 Å². The van der Waals surface area contributed by atoms with Crippen LogP contribution in [0.25, 0.3) is 0 Å². The summed E-state index contributed by atoms with van der Waals surface area (Å²) < 4.78 is 0. The summed E-state index contributed by atoms with van der Waals surface area (Å²) in [5, 5.41) is 13.8. The Morgan fingerprint density at radius 1 is 1.14 bits per heavy atom. The number of carbonyl (C=O) groups is 1. The molecular formula is C15H19N3O3. The number of nitrogens with zero attached hydrogens (tertiary/aromatic N) is 2. The van der Waals surface area contributed by atoms with Gasteiger partial charge >= 0.3 is 0 Å².